The predicted molar refractivity (Wildman–Crippen MR) is 75.7 cm³/mol. The number of hydrogen-bond acceptors (Lipinski definition) is 3. The third-order valence-electron chi connectivity index (χ3n) is 4.80. The van der Waals surface area contributed by atoms with Gasteiger partial charge in [-0.05, 0) is 48.8 Å². The summed E-state index contributed by atoms with van der Waals surface area (Å²) in [5.74, 6) is 0.460. The summed E-state index contributed by atoms with van der Waals surface area (Å²) in [7, 11) is 1.55. The molecule has 1 spiro atoms. The van der Waals surface area contributed by atoms with Gasteiger partial charge < -0.3 is 15.2 Å². The third kappa shape index (κ3) is 2.29. The number of nitrogens with one attached hydrogen (secondary N) is 1. The van der Waals surface area contributed by atoms with E-state index in [-0.39, 0.29) is 12.5 Å². The number of carbonyl (C=O) groups is 1. The first-order valence-electron chi connectivity index (χ1n) is 7.27. The fourth-order valence-corrected chi connectivity index (χ4v) is 3.38. The van der Waals surface area contributed by atoms with Gasteiger partial charge in [-0.15, -0.1) is 0 Å². The third-order valence-corrected chi connectivity index (χ3v) is 4.80. The van der Waals surface area contributed by atoms with Crippen LogP contribution >= 0.6 is 0 Å². The second kappa shape index (κ2) is 5.09. The molecule has 2 fully saturated rings. The van der Waals surface area contributed by atoms with Gasteiger partial charge in [0, 0.05) is 6.04 Å². The molecule has 20 heavy (non-hydrogen) atoms. The molecule has 2 aliphatic rings. The quantitative estimate of drug-likeness (QED) is 0.886. The van der Waals surface area contributed by atoms with E-state index in [1.54, 1.807) is 25.3 Å². The van der Waals surface area contributed by atoms with Crippen molar-refractivity contribution in [2.75, 3.05) is 7.11 Å². The number of aliphatic hydroxyl groups excluding tert-OH is 1. The lowest BCUT2D eigenvalue weighted by molar-refractivity contribution is 0.0921. The Morgan fingerprint density at radius 2 is 2.25 bits per heavy atom. The number of carbonyl (C=O) groups excluding carboxylic acids is 1. The van der Waals surface area contributed by atoms with Gasteiger partial charge in [0.05, 0.1) is 19.3 Å². The summed E-state index contributed by atoms with van der Waals surface area (Å²) in [5.41, 5.74) is 1.69. The maximum absolute atomic E-state index is 12.4. The van der Waals surface area contributed by atoms with Crippen molar-refractivity contribution in [1.82, 2.24) is 5.32 Å². The number of methoxy groups -OCH3 is 1. The molecule has 0 aliphatic heterocycles. The van der Waals surface area contributed by atoms with Crippen molar-refractivity contribution in [3.05, 3.63) is 29.3 Å². The average molecular weight is 275 g/mol. The van der Waals surface area contributed by atoms with Gasteiger partial charge in [-0.2, -0.15) is 0 Å². The van der Waals surface area contributed by atoms with Crippen LogP contribution in [0, 0.1) is 5.41 Å². The highest BCUT2D eigenvalue weighted by atomic mass is 16.5. The van der Waals surface area contributed by atoms with E-state index in [9.17, 15) is 4.79 Å². The van der Waals surface area contributed by atoms with E-state index in [2.05, 4.69) is 5.32 Å². The normalized spacial score (nSPS) is 22.8. The predicted octanol–water partition coefficient (Wildman–Crippen LogP) is 2.25. The first-order chi connectivity index (χ1) is 9.68. The molecule has 108 valence electrons. The molecule has 2 N–H and O–H groups in total. The second-order valence-corrected chi connectivity index (χ2v) is 5.97. The zero-order valence-electron chi connectivity index (χ0n) is 11.8. The molecule has 2 saturated carbocycles. The molecule has 0 heterocycles. The van der Waals surface area contributed by atoms with E-state index < -0.39 is 0 Å². The zero-order chi connectivity index (χ0) is 14.2. The molecule has 3 rings (SSSR count). The van der Waals surface area contributed by atoms with Crippen molar-refractivity contribution < 1.29 is 14.6 Å². The van der Waals surface area contributed by atoms with Crippen LogP contribution in [0.15, 0.2) is 18.2 Å². The summed E-state index contributed by atoms with van der Waals surface area (Å²) in [6.45, 7) is -0.0516. The second-order valence-electron chi connectivity index (χ2n) is 5.97. The Kier molecular flexibility index (Phi) is 3.42. The van der Waals surface area contributed by atoms with E-state index in [1.165, 1.54) is 25.7 Å². The number of amides is 1. The Bertz CT molecular complexity index is 522. The Balaban J connectivity index is 1.76. The molecular weight excluding hydrogens is 254 g/mol. The summed E-state index contributed by atoms with van der Waals surface area (Å²) < 4.78 is 5.27. The van der Waals surface area contributed by atoms with E-state index >= 15 is 0 Å². The molecule has 1 atom stereocenters. The molecule has 0 radical (unpaired) electrons. The number of ether oxygens (including phenoxy) is 1. The topological polar surface area (TPSA) is 58.6 Å². The molecule has 4 nitrogen and oxygen atoms in total. The molecule has 1 amide bonds. The minimum atomic E-state index is -0.0653. The van der Waals surface area contributed by atoms with Gasteiger partial charge in [0.15, 0.2) is 0 Å². The SMILES string of the molecule is COc1cc(CO)ccc1C(=O)NC1CCCC12CC2. The largest absolute Gasteiger partial charge is 0.496 e. The maximum Gasteiger partial charge on any atom is 0.255 e. The monoisotopic (exact) mass is 275 g/mol. The summed E-state index contributed by atoms with van der Waals surface area (Å²) in [4.78, 5) is 12.4. The molecule has 0 aromatic heterocycles. The lowest BCUT2D eigenvalue weighted by Gasteiger charge is -2.20. The Morgan fingerprint density at radius 1 is 1.45 bits per heavy atom. The van der Waals surface area contributed by atoms with Crippen LogP contribution in [0.1, 0.15) is 48.0 Å². The molecule has 4 heteroatoms. The smallest absolute Gasteiger partial charge is 0.255 e. The van der Waals surface area contributed by atoms with Crippen LogP contribution in [-0.4, -0.2) is 24.2 Å². The van der Waals surface area contributed by atoms with Crippen molar-refractivity contribution in [1.29, 1.82) is 0 Å². The minimum absolute atomic E-state index is 0.0516. The Hall–Kier alpha value is -1.55. The molecule has 1 aromatic carbocycles. The molecule has 0 bridgehead atoms. The first-order valence-corrected chi connectivity index (χ1v) is 7.27. The van der Waals surface area contributed by atoms with Gasteiger partial charge in [-0.25, -0.2) is 0 Å². The highest BCUT2D eigenvalue weighted by Gasteiger charge is 2.52. The first kappa shape index (κ1) is 13.4. The van der Waals surface area contributed by atoms with Crippen molar-refractivity contribution in [3.63, 3.8) is 0 Å². The number of aliphatic hydroxyl groups is 1. The van der Waals surface area contributed by atoms with Crippen LogP contribution < -0.4 is 10.1 Å². The van der Waals surface area contributed by atoms with Crippen LogP contribution in [0.2, 0.25) is 0 Å². The summed E-state index contributed by atoms with van der Waals surface area (Å²) >= 11 is 0. The van der Waals surface area contributed by atoms with Gasteiger partial charge in [-0.3, -0.25) is 4.79 Å². The van der Waals surface area contributed by atoms with E-state index in [0.717, 1.165) is 12.0 Å². The van der Waals surface area contributed by atoms with Crippen LogP contribution in [0.3, 0.4) is 0 Å². The fourth-order valence-electron chi connectivity index (χ4n) is 3.38. The molecule has 0 saturated heterocycles. The summed E-state index contributed by atoms with van der Waals surface area (Å²) in [6.07, 6.45) is 6.05. The lowest BCUT2D eigenvalue weighted by atomic mass is 10.00. The van der Waals surface area contributed by atoms with Crippen molar-refractivity contribution >= 4 is 5.91 Å². The Labute approximate surface area is 119 Å². The standard InChI is InChI=1S/C16H21NO3/c1-20-13-9-11(10-18)4-5-12(13)15(19)17-14-3-2-6-16(14)7-8-16/h4-5,9,14,18H,2-3,6-8,10H2,1H3,(H,17,19). The highest BCUT2D eigenvalue weighted by Crippen LogP contribution is 2.57. The summed E-state index contributed by atoms with van der Waals surface area (Å²) in [6, 6.07) is 5.53. The van der Waals surface area contributed by atoms with E-state index in [4.69, 9.17) is 9.84 Å². The molecule has 1 aromatic rings. The van der Waals surface area contributed by atoms with Crippen molar-refractivity contribution in [2.45, 2.75) is 44.8 Å². The number of hydrogen-bond donors (Lipinski definition) is 2. The van der Waals surface area contributed by atoms with Gasteiger partial charge in [0.2, 0.25) is 0 Å². The van der Waals surface area contributed by atoms with E-state index in [1.807, 2.05) is 0 Å². The Morgan fingerprint density at radius 3 is 2.90 bits per heavy atom. The van der Waals surface area contributed by atoms with Crippen LogP contribution in [-0.2, 0) is 6.61 Å². The number of benzene rings is 1. The van der Waals surface area contributed by atoms with Crippen LogP contribution in [0.25, 0.3) is 0 Å². The molecule has 2 aliphatic carbocycles. The van der Waals surface area contributed by atoms with E-state index in [0.29, 0.717) is 22.8 Å². The summed E-state index contributed by atoms with van der Waals surface area (Å²) in [5, 5.41) is 12.3. The maximum atomic E-state index is 12.4. The number of rotatable bonds is 4. The zero-order valence-corrected chi connectivity index (χ0v) is 11.8. The highest BCUT2D eigenvalue weighted by molar-refractivity contribution is 5.97. The molecular formula is C16H21NO3. The van der Waals surface area contributed by atoms with Gasteiger partial charge >= 0.3 is 0 Å². The van der Waals surface area contributed by atoms with Crippen molar-refractivity contribution in [2.24, 2.45) is 5.41 Å². The lowest BCUT2D eigenvalue weighted by Crippen LogP contribution is -2.38. The van der Waals surface area contributed by atoms with Gasteiger partial charge in [0.25, 0.3) is 5.91 Å². The van der Waals surface area contributed by atoms with Crippen molar-refractivity contribution in [3.8, 4) is 5.75 Å². The van der Waals surface area contributed by atoms with Crippen LogP contribution in [0.4, 0.5) is 0 Å². The fraction of sp³-hybridized carbons (Fsp3) is 0.562. The molecule has 1 unspecified atom stereocenters. The van der Waals surface area contributed by atoms with Gasteiger partial charge in [-0.1, -0.05) is 12.5 Å². The van der Waals surface area contributed by atoms with Crippen LogP contribution in [0.5, 0.6) is 5.75 Å². The minimum Gasteiger partial charge on any atom is -0.496 e. The average Bonchev–Trinajstić information content (AvgIpc) is 3.15. The van der Waals surface area contributed by atoms with Gasteiger partial charge in [0.1, 0.15) is 5.75 Å².